The summed E-state index contributed by atoms with van der Waals surface area (Å²) in [4.78, 5) is 3.12. The summed E-state index contributed by atoms with van der Waals surface area (Å²) in [7, 11) is 0. The molecule has 0 spiro atoms. The molecular formula is C8H9N3O. The molecular weight excluding hydrogens is 154 g/mol. The van der Waals surface area contributed by atoms with Gasteiger partial charge in [-0.05, 0) is 6.92 Å². The van der Waals surface area contributed by atoms with E-state index in [1.54, 1.807) is 12.4 Å². The molecule has 4 nitrogen and oxygen atoms in total. The van der Waals surface area contributed by atoms with Crippen molar-refractivity contribution in [3.8, 4) is 0 Å². The average Bonchev–Trinajstić information content (AvgIpc) is 2.40. The fraction of sp³-hybridized carbons (Fsp3) is 0.250. The van der Waals surface area contributed by atoms with Crippen molar-refractivity contribution in [1.29, 1.82) is 0 Å². The van der Waals surface area contributed by atoms with Gasteiger partial charge in [0.25, 0.3) is 0 Å². The molecule has 62 valence electrons. The van der Waals surface area contributed by atoms with Crippen LogP contribution in [0.15, 0.2) is 12.4 Å². The molecule has 2 N–H and O–H groups in total. The first-order valence-electron chi connectivity index (χ1n) is 3.71. The number of hydrogen-bond donors (Lipinski definition) is 2. The molecule has 0 atom stereocenters. The third-order valence-corrected chi connectivity index (χ3v) is 1.99. The van der Waals surface area contributed by atoms with E-state index in [1.165, 1.54) is 0 Å². The Labute approximate surface area is 69.3 Å². The van der Waals surface area contributed by atoms with Crippen LogP contribution in [0.5, 0.6) is 0 Å². The Morgan fingerprint density at radius 3 is 2.92 bits per heavy atom. The molecule has 12 heavy (non-hydrogen) atoms. The molecule has 0 radical (unpaired) electrons. The molecule has 0 aliphatic heterocycles. The number of nitrogens with one attached hydrogen (secondary N) is 1. The molecule has 0 aliphatic rings. The molecule has 0 aliphatic carbocycles. The van der Waals surface area contributed by atoms with Crippen LogP contribution in [0.4, 0.5) is 0 Å². The predicted molar refractivity (Wildman–Crippen MR) is 44.5 cm³/mol. The highest BCUT2D eigenvalue weighted by molar-refractivity contribution is 5.82. The Bertz CT molecular complexity index is 408. The van der Waals surface area contributed by atoms with Crippen LogP contribution < -0.4 is 0 Å². The zero-order valence-electron chi connectivity index (χ0n) is 6.70. The van der Waals surface area contributed by atoms with Crippen molar-refractivity contribution in [3.63, 3.8) is 0 Å². The second-order valence-electron chi connectivity index (χ2n) is 2.70. The van der Waals surface area contributed by atoms with E-state index < -0.39 is 0 Å². The highest BCUT2D eigenvalue weighted by Crippen LogP contribution is 2.19. The minimum atomic E-state index is 0.0392. The molecule has 2 heterocycles. The van der Waals surface area contributed by atoms with E-state index in [9.17, 15) is 0 Å². The summed E-state index contributed by atoms with van der Waals surface area (Å²) in [6.07, 6.45) is 3.31. The fourth-order valence-electron chi connectivity index (χ4n) is 1.34. The lowest BCUT2D eigenvalue weighted by Crippen LogP contribution is -1.84. The van der Waals surface area contributed by atoms with Gasteiger partial charge in [-0.1, -0.05) is 0 Å². The van der Waals surface area contributed by atoms with Crippen molar-refractivity contribution >= 4 is 10.9 Å². The molecule has 2 rings (SSSR count). The lowest BCUT2D eigenvalue weighted by atomic mass is 10.2. The van der Waals surface area contributed by atoms with Gasteiger partial charge in [-0.25, -0.2) is 0 Å². The van der Waals surface area contributed by atoms with Gasteiger partial charge in [-0.3, -0.25) is 0 Å². The van der Waals surface area contributed by atoms with Gasteiger partial charge < -0.3 is 10.1 Å². The van der Waals surface area contributed by atoms with Crippen LogP contribution in [0.3, 0.4) is 0 Å². The molecule has 2 aromatic heterocycles. The number of rotatable bonds is 1. The van der Waals surface area contributed by atoms with Crippen molar-refractivity contribution in [2.24, 2.45) is 0 Å². The molecule has 4 heteroatoms. The van der Waals surface area contributed by atoms with Crippen molar-refractivity contribution < 1.29 is 5.11 Å². The zero-order valence-corrected chi connectivity index (χ0v) is 6.70. The minimum absolute atomic E-state index is 0.0392. The summed E-state index contributed by atoms with van der Waals surface area (Å²) in [6.45, 7) is 1.96. The number of hydrogen-bond acceptors (Lipinski definition) is 3. The van der Waals surface area contributed by atoms with Gasteiger partial charge in [-0.15, -0.1) is 0 Å². The molecule has 0 fully saturated rings. The van der Waals surface area contributed by atoms with Crippen LogP contribution in [-0.4, -0.2) is 20.3 Å². The Kier molecular flexibility index (Phi) is 1.55. The fourth-order valence-corrected chi connectivity index (χ4v) is 1.34. The molecule has 0 amide bonds. The summed E-state index contributed by atoms with van der Waals surface area (Å²) in [5.74, 6) is 0. The number of fused-ring (bicyclic) bond motifs is 1. The van der Waals surface area contributed by atoms with E-state index in [-0.39, 0.29) is 6.61 Å². The van der Waals surface area contributed by atoms with Gasteiger partial charge in [0.05, 0.1) is 24.5 Å². The molecule has 0 saturated carbocycles. The lowest BCUT2D eigenvalue weighted by molar-refractivity contribution is 0.282. The van der Waals surface area contributed by atoms with E-state index >= 15 is 0 Å². The molecule has 0 saturated heterocycles. The maximum Gasteiger partial charge on any atom is 0.0737 e. The molecule has 0 bridgehead atoms. The van der Waals surface area contributed by atoms with Crippen molar-refractivity contribution in [3.05, 3.63) is 23.7 Å². The zero-order chi connectivity index (χ0) is 8.55. The van der Waals surface area contributed by atoms with Crippen molar-refractivity contribution in [1.82, 2.24) is 15.2 Å². The Morgan fingerprint density at radius 2 is 2.17 bits per heavy atom. The predicted octanol–water partition coefficient (Wildman–Crippen LogP) is 0.759. The summed E-state index contributed by atoms with van der Waals surface area (Å²) in [5, 5.41) is 17.5. The van der Waals surface area contributed by atoms with E-state index in [0.717, 1.165) is 22.2 Å². The largest absolute Gasteiger partial charge is 0.392 e. The normalized spacial score (nSPS) is 10.8. The Balaban J connectivity index is 2.81. The smallest absolute Gasteiger partial charge is 0.0737 e. The maximum atomic E-state index is 9.04. The van der Waals surface area contributed by atoms with Gasteiger partial charge in [-0.2, -0.15) is 10.2 Å². The highest BCUT2D eigenvalue weighted by atomic mass is 16.3. The first kappa shape index (κ1) is 7.24. The monoisotopic (exact) mass is 163 g/mol. The van der Waals surface area contributed by atoms with E-state index in [0.29, 0.717) is 0 Å². The third kappa shape index (κ3) is 0.887. The van der Waals surface area contributed by atoms with Crippen LogP contribution in [0.25, 0.3) is 10.9 Å². The molecule has 0 aromatic carbocycles. The summed E-state index contributed by atoms with van der Waals surface area (Å²) in [6, 6.07) is 0. The third-order valence-electron chi connectivity index (χ3n) is 1.99. The van der Waals surface area contributed by atoms with Gasteiger partial charge in [0, 0.05) is 16.6 Å². The van der Waals surface area contributed by atoms with E-state index in [1.807, 2.05) is 6.92 Å². The molecule has 0 unspecified atom stereocenters. The van der Waals surface area contributed by atoms with Crippen LogP contribution in [0, 0.1) is 6.92 Å². The summed E-state index contributed by atoms with van der Waals surface area (Å²) < 4.78 is 0. The maximum absolute atomic E-state index is 9.04. The van der Waals surface area contributed by atoms with Gasteiger partial charge in [0.1, 0.15) is 0 Å². The second-order valence-corrected chi connectivity index (χ2v) is 2.70. The van der Waals surface area contributed by atoms with Gasteiger partial charge in [0.2, 0.25) is 0 Å². The number of aryl methyl sites for hydroxylation is 1. The number of H-pyrrole nitrogens is 1. The van der Waals surface area contributed by atoms with Gasteiger partial charge >= 0.3 is 0 Å². The summed E-state index contributed by atoms with van der Waals surface area (Å²) >= 11 is 0. The van der Waals surface area contributed by atoms with E-state index in [4.69, 9.17) is 5.11 Å². The van der Waals surface area contributed by atoms with E-state index in [2.05, 4.69) is 15.2 Å². The van der Waals surface area contributed by atoms with Crippen LogP contribution in [0.1, 0.15) is 11.3 Å². The average molecular weight is 163 g/mol. The second kappa shape index (κ2) is 2.57. The number of aliphatic hydroxyl groups excluding tert-OH is 1. The van der Waals surface area contributed by atoms with Crippen LogP contribution in [0.2, 0.25) is 0 Å². The Hall–Kier alpha value is -1.42. The standard InChI is InChI=1S/C8H9N3O/c1-5-7(4-12)6-2-9-10-3-8(6)11-5/h2-3,11-12H,4H2,1H3. The number of aliphatic hydroxyl groups is 1. The SMILES string of the molecule is Cc1[nH]c2cnncc2c1CO. The topological polar surface area (TPSA) is 61.8 Å². The summed E-state index contributed by atoms with van der Waals surface area (Å²) in [5.41, 5.74) is 2.80. The van der Waals surface area contributed by atoms with Crippen LogP contribution in [-0.2, 0) is 6.61 Å². The first-order chi connectivity index (χ1) is 5.83. The molecule has 2 aromatic rings. The number of aromatic amines is 1. The number of nitrogens with zero attached hydrogens (tertiary/aromatic N) is 2. The Morgan fingerprint density at radius 1 is 1.42 bits per heavy atom. The van der Waals surface area contributed by atoms with Crippen LogP contribution >= 0.6 is 0 Å². The van der Waals surface area contributed by atoms with Crippen molar-refractivity contribution in [2.75, 3.05) is 0 Å². The van der Waals surface area contributed by atoms with Crippen molar-refractivity contribution in [2.45, 2.75) is 13.5 Å². The van der Waals surface area contributed by atoms with Gasteiger partial charge in [0.15, 0.2) is 0 Å². The lowest BCUT2D eigenvalue weighted by Gasteiger charge is -1.92. The quantitative estimate of drug-likeness (QED) is 0.652. The first-order valence-corrected chi connectivity index (χ1v) is 3.71. The number of aromatic nitrogens is 3. The highest BCUT2D eigenvalue weighted by Gasteiger charge is 2.06. The minimum Gasteiger partial charge on any atom is -0.392 e.